The van der Waals surface area contributed by atoms with Crippen molar-refractivity contribution in [2.75, 3.05) is 0 Å². The molecule has 0 saturated carbocycles. The summed E-state index contributed by atoms with van der Waals surface area (Å²) >= 11 is -5.52. The Morgan fingerprint density at radius 1 is 1.17 bits per heavy atom. The maximum absolute atomic E-state index is 8.85. The smallest absolute Gasteiger partial charge is 0 e. The van der Waals surface area contributed by atoms with Crippen molar-refractivity contribution in [3.8, 4) is 0 Å². The van der Waals surface area contributed by atoms with E-state index in [9.17, 15) is 0 Å². The Morgan fingerprint density at radius 3 is 1.17 bits per heavy atom. The summed E-state index contributed by atoms with van der Waals surface area (Å²) in [5.74, 6) is 0. The predicted molar refractivity (Wildman–Crippen MR) is 11.6 cm³/mol. The average Bonchev–Trinajstić information content (AvgIpc) is 0.722. The molecule has 0 atom stereocenters. The summed E-state index contributed by atoms with van der Waals surface area (Å²) in [5, 5.41) is 0. The van der Waals surface area contributed by atoms with E-state index >= 15 is 0 Å². The summed E-state index contributed by atoms with van der Waals surface area (Å²) in [6.45, 7) is 0. The topological polar surface area (TPSA) is 74.6 Å². The van der Waals surface area contributed by atoms with Crippen LogP contribution in [0.3, 0.4) is 0 Å². The van der Waals surface area contributed by atoms with E-state index in [2.05, 4.69) is 0 Å². The molecule has 6 heteroatoms. The molecule has 0 heterocycles. The third kappa shape index (κ3) is 49.3. The molecule has 0 aliphatic rings. The molecule has 0 aromatic carbocycles. The maximum atomic E-state index is 8.85. The molecule has 35 valence electrons. The van der Waals surface area contributed by atoms with Gasteiger partial charge in [0.15, 0.2) is 0 Å². The molecule has 0 spiro atoms. The zero-order valence-corrected chi connectivity index (χ0v) is 8.65. The first kappa shape index (κ1) is 10.5. The van der Waals surface area contributed by atoms with Crippen LogP contribution in [0, 0.1) is 35.6 Å². The summed E-state index contributed by atoms with van der Waals surface area (Å²) in [5.41, 5.74) is 0. The van der Waals surface area contributed by atoms with Gasteiger partial charge in [0.25, 0.3) is 0 Å². The van der Waals surface area contributed by atoms with E-state index in [1.165, 1.54) is 0 Å². The minimum atomic E-state index is -5.52. The minimum Gasteiger partial charge on any atom is 0 e. The number of hydrogen-bond donors (Lipinski definition) is 2. The summed E-state index contributed by atoms with van der Waals surface area (Å²) in [7, 11) is 0. The molecule has 0 rings (SSSR count). The molecule has 6 heavy (non-hydrogen) atoms. The van der Waals surface area contributed by atoms with Crippen molar-refractivity contribution in [3.05, 3.63) is 0 Å². The van der Waals surface area contributed by atoms with Crippen LogP contribution in [-0.2, 0) is 6.21 Å². The standard InChI is InChI=1S/La.H2O4Te/c;1-5(2,3)4/h;(H2,1,2,3,4). The van der Waals surface area contributed by atoms with Crippen LogP contribution >= 0.6 is 0 Å². The van der Waals surface area contributed by atoms with Gasteiger partial charge in [-0.25, -0.2) is 0 Å². The normalized spacial score (nSPS) is 9.67. The molecule has 4 nitrogen and oxygen atoms in total. The van der Waals surface area contributed by atoms with E-state index in [0.29, 0.717) is 0 Å². The van der Waals surface area contributed by atoms with Gasteiger partial charge in [-0.2, -0.15) is 0 Å². The van der Waals surface area contributed by atoms with Crippen molar-refractivity contribution < 1.29 is 48.7 Å². The van der Waals surface area contributed by atoms with Crippen LogP contribution in [0.5, 0.6) is 0 Å². The molecule has 0 aliphatic carbocycles. The fourth-order valence-corrected chi connectivity index (χ4v) is 0. The molecule has 0 saturated heterocycles. The second-order valence-electron chi connectivity index (χ2n) is 0.448. The van der Waals surface area contributed by atoms with Crippen LogP contribution in [0.2, 0.25) is 0 Å². The quantitative estimate of drug-likeness (QED) is 0.517. The van der Waals surface area contributed by atoms with Crippen molar-refractivity contribution in [2.45, 2.75) is 0 Å². The second-order valence-corrected chi connectivity index (χ2v) is 3.00. The summed E-state index contributed by atoms with van der Waals surface area (Å²) in [6.07, 6.45) is 0. The molecule has 0 aliphatic heterocycles. The van der Waals surface area contributed by atoms with Gasteiger partial charge < -0.3 is 0 Å². The van der Waals surface area contributed by atoms with Gasteiger partial charge in [-0.1, -0.05) is 0 Å². The Balaban J connectivity index is 0. The van der Waals surface area contributed by atoms with Crippen LogP contribution in [0.4, 0.5) is 0 Å². The van der Waals surface area contributed by atoms with Crippen molar-refractivity contribution >= 4 is 19.0 Å². The Kier molecular flexibility index (Phi) is 6.11. The zero-order chi connectivity index (χ0) is 4.50. The van der Waals surface area contributed by atoms with Gasteiger partial charge in [-0.3, -0.25) is 0 Å². The minimum absolute atomic E-state index is 0. The third-order valence-corrected chi connectivity index (χ3v) is 0. The summed E-state index contributed by atoms with van der Waals surface area (Å²) < 4.78 is 32.0. The van der Waals surface area contributed by atoms with Crippen LogP contribution in [-0.4, -0.2) is 25.9 Å². The molecular formula is H2LaO4Te. The van der Waals surface area contributed by atoms with Crippen LogP contribution in [0.1, 0.15) is 0 Å². The molecule has 0 fully saturated rings. The van der Waals surface area contributed by atoms with Gasteiger partial charge in [0, 0.05) is 35.6 Å². The fraction of sp³-hybridized carbons (Fsp3) is 0. The van der Waals surface area contributed by atoms with Crippen LogP contribution in [0.25, 0.3) is 0 Å². The Morgan fingerprint density at radius 2 is 1.17 bits per heavy atom. The largest absolute Gasteiger partial charge is 0 e. The molecule has 0 unspecified atom stereocenters. The molecule has 1 radical (unpaired) electrons. The Hall–Kier alpha value is 1.50. The third-order valence-electron chi connectivity index (χ3n) is 0. The monoisotopic (exact) mass is 335 g/mol. The van der Waals surface area contributed by atoms with E-state index in [1.54, 1.807) is 0 Å². The summed E-state index contributed by atoms with van der Waals surface area (Å²) in [4.78, 5) is 0. The average molecular weight is 333 g/mol. The van der Waals surface area contributed by atoms with Crippen LogP contribution in [0.15, 0.2) is 0 Å². The van der Waals surface area contributed by atoms with Crippen molar-refractivity contribution in [2.24, 2.45) is 0 Å². The van der Waals surface area contributed by atoms with Gasteiger partial charge in [0.05, 0.1) is 0 Å². The predicted octanol–water partition coefficient (Wildman–Crippen LogP) is -1.73. The van der Waals surface area contributed by atoms with E-state index in [0.717, 1.165) is 0 Å². The molecule has 0 amide bonds. The van der Waals surface area contributed by atoms with E-state index < -0.39 is 19.0 Å². The van der Waals surface area contributed by atoms with Crippen molar-refractivity contribution in [3.63, 3.8) is 0 Å². The molecular weight excluding hydrogens is 331 g/mol. The van der Waals surface area contributed by atoms with E-state index in [1.807, 2.05) is 0 Å². The van der Waals surface area contributed by atoms with Gasteiger partial charge in [-0.05, 0) is 0 Å². The molecule has 0 aromatic rings. The first-order valence-corrected chi connectivity index (χ1v) is 4.69. The van der Waals surface area contributed by atoms with Gasteiger partial charge in [-0.15, -0.1) is 0 Å². The van der Waals surface area contributed by atoms with Crippen molar-refractivity contribution in [1.82, 2.24) is 0 Å². The summed E-state index contributed by atoms with van der Waals surface area (Å²) in [6, 6.07) is 0. The first-order valence-electron chi connectivity index (χ1n) is 0.698. The molecule has 0 aromatic heterocycles. The van der Waals surface area contributed by atoms with E-state index in [-0.39, 0.29) is 35.6 Å². The van der Waals surface area contributed by atoms with Gasteiger partial charge >= 0.3 is 32.1 Å². The Bertz CT molecular complexity index is 90.7. The second kappa shape index (κ2) is 3.50. The number of hydrogen-bond acceptors (Lipinski definition) is 2. The fourth-order valence-electron chi connectivity index (χ4n) is 0. The first-order chi connectivity index (χ1) is 2.00. The van der Waals surface area contributed by atoms with Crippen LogP contribution < -0.4 is 0 Å². The molecule has 2 N–H and O–H groups in total. The Labute approximate surface area is 66.8 Å². The SMILES string of the molecule is O=[Te](=O)(O)O.[La]. The maximum Gasteiger partial charge on any atom is 0 e. The zero-order valence-electron chi connectivity index (χ0n) is 2.70. The number of rotatable bonds is 0. The molecule has 0 bridgehead atoms. The van der Waals surface area contributed by atoms with Crippen molar-refractivity contribution in [1.29, 1.82) is 0 Å². The van der Waals surface area contributed by atoms with Gasteiger partial charge in [0.2, 0.25) is 0 Å². The van der Waals surface area contributed by atoms with Gasteiger partial charge in [0.1, 0.15) is 0 Å². The van der Waals surface area contributed by atoms with E-state index in [4.69, 9.17) is 13.2 Å².